The van der Waals surface area contributed by atoms with Gasteiger partial charge in [-0.25, -0.2) is 0 Å². The van der Waals surface area contributed by atoms with Crippen molar-refractivity contribution in [3.8, 4) is 22.6 Å². The first-order chi connectivity index (χ1) is 14.6. The van der Waals surface area contributed by atoms with Crippen molar-refractivity contribution in [3.63, 3.8) is 0 Å². The fraction of sp³-hybridized carbons (Fsp3) is 0.130. The monoisotopic (exact) mass is 404 g/mol. The fourth-order valence-corrected chi connectivity index (χ4v) is 3.32. The summed E-state index contributed by atoms with van der Waals surface area (Å²) in [6.07, 6.45) is 4.57. The third-order valence-electron chi connectivity index (χ3n) is 4.75. The number of amides is 1. The Kier molecular flexibility index (Phi) is 5.26. The molecule has 0 aliphatic rings. The number of nitrogens with zero attached hydrogens (tertiary/aromatic N) is 1. The van der Waals surface area contributed by atoms with Crippen molar-refractivity contribution in [2.75, 3.05) is 19.5 Å². The number of rotatable bonds is 6. The molecule has 4 aromatic rings. The van der Waals surface area contributed by atoms with Crippen LogP contribution in [0.1, 0.15) is 12.5 Å². The maximum atomic E-state index is 12.3. The summed E-state index contributed by atoms with van der Waals surface area (Å²) in [7, 11) is 3.22. The largest absolute Gasteiger partial charge is 0.496 e. The van der Waals surface area contributed by atoms with E-state index in [1.165, 1.54) is 12.3 Å². The first-order valence-corrected chi connectivity index (χ1v) is 9.23. The minimum Gasteiger partial charge on any atom is -0.496 e. The summed E-state index contributed by atoms with van der Waals surface area (Å²) in [6, 6.07) is 13.1. The van der Waals surface area contributed by atoms with Crippen LogP contribution >= 0.6 is 0 Å². The van der Waals surface area contributed by atoms with Crippen LogP contribution in [-0.2, 0) is 4.79 Å². The second-order valence-electron chi connectivity index (χ2n) is 6.60. The van der Waals surface area contributed by atoms with E-state index in [0.717, 1.165) is 33.4 Å². The second kappa shape index (κ2) is 8.16. The number of carbonyl (C=O) groups is 1. The lowest BCUT2D eigenvalue weighted by Crippen LogP contribution is -2.08. The van der Waals surface area contributed by atoms with E-state index in [9.17, 15) is 4.79 Å². The van der Waals surface area contributed by atoms with Crippen LogP contribution in [-0.4, -0.2) is 25.3 Å². The summed E-state index contributed by atoms with van der Waals surface area (Å²) in [6.45, 7) is 1.84. The molecule has 0 saturated carbocycles. The molecular weight excluding hydrogens is 384 g/mol. The Morgan fingerprint density at radius 1 is 1.07 bits per heavy atom. The van der Waals surface area contributed by atoms with Crippen molar-refractivity contribution in [2.45, 2.75) is 6.92 Å². The molecule has 0 unspecified atom stereocenters. The predicted molar refractivity (Wildman–Crippen MR) is 114 cm³/mol. The highest BCUT2D eigenvalue weighted by molar-refractivity contribution is 6.05. The highest BCUT2D eigenvalue weighted by Gasteiger charge is 2.17. The van der Waals surface area contributed by atoms with Gasteiger partial charge in [0.2, 0.25) is 5.91 Å². The van der Waals surface area contributed by atoms with Crippen LogP contribution in [0.4, 0.5) is 5.82 Å². The molecule has 0 fully saturated rings. The number of nitrogens with one attached hydrogen (secondary N) is 1. The number of aromatic nitrogens is 1. The van der Waals surface area contributed by atoms with E-state index < -0.39 is 0 Å². The molecule has 2 aromatic carbocycles. The third kappa shape index (κ3) is 3.65. The number of carbonyl (C=O) groups excluding carboxylic acids is 1. The third-order valence-corrected chi connectivity index (χ3v) is 4.75. The average Bonchev–Trinajstić information content (AvgIpc) is 3.41. The molecule has 0 aliphatic heterocycles. The number of anilines is 1. The quantitative estimate of drug-likeness (QED) is 0.448. The Balaban J connectivity index is 1.77. The fourth-order valence-electron chi connectivity index (χ4n) is 3.32. The lowest BCUT2D eigenvalue weighted by molar-refractivity contribution is -0.111. The molecule has 1 amide bonds. The standard InChI is InChI=1S/C23H20N2O5/c1-14(10-23(26)24-22-8-9-30-25-22)16-11-17-18(13-29-21(17)12-20(16)28-3)15-6-4-5-7-19(15)27-2/h4-13H,1-3H3,(H,24,25,26)/b14-10+. The minimum absolute atomic E-state index is 0.319. The van der Waals surface area contributed by atoms with Crippen LogP contribution in [0.2, 0.25) is 0 Å². The number of hydrogen-bond donors (Lipinski definition) is 1. The molecular formula is C23H20N2O5. The molecule has 30 heavy (non-hydrogen) atoms. The van der Waals surface area contributed by atoms with Gasteiger partial charge in [0.05, 0.1) is 20.5 Å². The number of methoxy groups -OCH3 is 2. The molecule has 2 heterocycles. The van der Waals surface area contributed by atoms with Gasteiger partial charge in [0, 0.05) is 40.3 Å². The molecule has 1 N–H and O–H groups in total. The Hall–Kier alpha value is -4.00. The van der Waals surface area contributed by atoms with Gasteiger partial charge >= 0.3 is 0 Å². The normalized spacial score (nSPS) is 11.5. The summed E-state index contributed by atoms with van der Waals surface area (Å²) in [4.78, 5) is 12.3. The Labute approximate surface area is 172 Å². The zero-order chi connectivity index (χ0) is 21.1. The van der Waals surface area contributed by atoms with Crippen molar-refractivity contribution in [1.82, 2.24) is 5.16 Å². The number of hydrogen-bond acceptors (Lipinski definition) is 6. The van der Waals surface area contributed by atoms with Gasteiger partial charge in [-0.1, -0.05) is 23.4 Å². The molecule has 2 aromatic heterocycles. The van der Waals surface area contributed by atoms with E-state index >= 15 is 0 Å². The molecule has 0 saturated heterocycles. The molecule has 7 heteroatoms. The zero-order valence-electron chi connectivity index (χ0n) is 16.8. The summed E-state index contributed by atoms with van der Waals surface area (Å²) in [5.41, 5.74) is 3.99. The van der Waals surface area contributed by atoms with Crippen LogP contribution in [0.15, 0.2) is 70.0 Å². The Bertz CT molecular complexity index is 1220. The van der Waals surface area contributed by atoms with Gasteiger partial charge in [0.1, 0.15) is 23.3 Å². The van der Waals surface area contributed by atoms with Gasteiger partial charge in [0.15, 0.2) is 5.82 Å². The van der Waals surface area contributed by atoms with Gasteiger partial charge in [-0.05, 0) is 24.6 Å². The minimum atomic E-state index is -0.319. The van der Waals surface area contributed by atoms with Crippen LogP contribution < -0.4 is 14.8 Å². The van der Waals surface area contributed by atoms with Crippen LogP contribution in [0.25, 0.3) is 27.7 Å². The van der Waals surface area contributed by atoms with Gasteiger partial charge in [-0.2, -0.15) is 0 Å². The number of furan rings is 1. The Morgan fingerprint density at radius 3 is 2.60 bits per heavy atom. The summed E-state index contributed by atoms with van der Waals surface area (Å²) in [5, 5.41) is 7.22. The van der Waals surface area contributed by atoms with Crippen molar-refractivity contribution >= 4 is 28.3 Å². The number of para-hydroxylation sites is 1. The van der Waals surface area contributed by atoms with Gasteiger partial charge in [0.25, 0.3) is 0 Å². The average molecular weight is 404 g/mol. The summed E-state index contributed by atoms with van der Waals surface area (Å²) < 4.78 is 21.5. The zero-order valence-corrected chi connectivity index (χ0v) is 16.8. The van der Waals surface area contributed by atoms with Gasteiger partial charge < -0.3 is 23.7 Å². The maximum absolute atomic E-state index is 12.3. The van der Waals surface area contributed by atoms with E-state index in [1.54, 1.807) is 26.5 Å². The first-order valence-electron chi connectivity index (χ1n) is 9.23. The number of ether oxygens (including phenoxy) is 2. The van der Waals surface area contributed by atoms with Crippen LogP contribution in [0.3, 0.4) is 0 Å². The lowest BCUT2D eigenvalue weighted by atomic mass is 9.99. The Morgan fingerprint density at radius 2 is 1.87 bits per heavy atom. The highest BCUT2D eigenvalue weighted by atomic mass is 16.5. The number of benzene rings is 2. The number of allylic oxidation sites excluding steroid dienone is 1. The van der Waals surface area contributed by atoms with Crippen LogP contribution in [0, 0.1) is 0 Å². The summed E-state index contributed by atoms with van der Waals surface area (Å²) >= 11 is 0. The van der Waals surface area contributed by atoms with Gasteiger partial charge in [-0.3, -0.25) is 4.79 Å². The van der Waals surface area contributed by atoms with Crippen LogP contribution in [0.5, 0.6) is 11.5 Å². The van der Waals surface area contributed by atoms with Crippen molar-refractivity contribution in [3.05, 3.63) is 66.6 Å². The van der Waals surface area contributed by atoms with Crippen molar-refractivity contribution < 1.29 is 23.2 Å². The first kappa shape index (κ1) is 19.3. The SMILES string of the molecule is COc1cc2occ(-c3ccccc3OC)c2cc1/C(C)=C/C(=O)Nc1ccon1. The molecule has 0 bridgehead atoms. The summed E-state index contributed by atoms with van der Waals surface area (Å²) in [5.74, 6) is 1.38. The van der Waals surface area contributed by atoms with E-state index in [4.69, 9.17) is 18.4 Å². The smallest absolute Gasteiger partial charge is 0.249 e. The van der Waals surface area contributed by atoms with E-state index in [-0.39, 0.29) is 5.91 Å². The highest BCUT2D eigenvalue weighted by Crippen LogP contribution is 2.40. The van der Waals surface area contributed by atoms with E-state index in [0.29, 0.717) is 17.2 Å². The van der Waals surface area contributed by atoms with Crippen molar-refractivity contribution in [1.29, 1.82) is 0 Å². The molecule has 4 rings (SSSR count). The topological polar surface area (TPSA) is 86.7 Å². The molecule has 0 spiro atoms. The molecule has 0 aliphatic carbocycles. The molecule has 0 atom stereocenters. The second-order valence-corrected chi connectivity index (χ2v) is 6.60. The molecule has 152 valence electrons. The van der Waals surface area contributed by atoms with E-state index in [2.05, 4.69) is 10.5 Å². The predicted octanol–water partition coefficient (Wildman–Crippen LogP) is 5.15. The molecule has 7 nitrogen and oxygen atoms in total. The molecule has 0 radical (unpaired) electrons. The van der Waals surface area contributed by atoms with Crippen molar-refractivity contribution in [2.24, 2.45) is 0 Å². The van der Waals surface area contributed by atoms with Gasteiger partial charge in [-0.15, -0.1) is 0 Å². The lowest BCUT2D eigenvalue weighted by Gasteiger charge is -2.11. The number of fused-ring (bicyclic) bond motifs is 1. The van der Waals surface area contributed by atoms with E-state index in [1.807, 2.05) is 43.3 Å². The maximum Gasteiger partial charge on any atom is 0.249 e.